The molecule has 1 aliphatic rings. The van der Waals surface area contributed by atoms with Crippen LogP contribution in [0.15, 0.2) is 66.7 Å². The van der Waals surface area contributed by atoms with Gasteiger partial charge in [-0.1, -0.05) is 30.3 Å². The van der Waals surface area contributed by atoms with Crippen LogP contribution in [0.3, 0.4) is 0 Å². The van der Waals surface area contributed by atoms with E-state index >= 15 is 0 Å². The SMILES string of the molecule is COc1ccc2c(c1)OC[C@@H](C(=O)Nc1c(F)cccc1Oc1ccccc1)C2. The van der Waals surface area contributed by atoms with Crippen LogP contribution in [0, 0.1) is 11.7 Å². The minimum atomic E-state index is -0.561. The van der Waals surface area contributed by atoms with E-state index in [0.717, 1.165) is 5.56 Å². The first-order chi connectivity index (χ1) is 14.1. The zero-order valence-corrected chi connectivity index (χ0v) is 15.9. The molecule has 29 heavy (non-hydrogen) atoms. The monoisotopic (exact) mass is 393 g/mol. The summed E-state index contributed by atoms with van der Waals surface area (Å²) >= 11 is 0. The molecule has 1 aliphatic heterocycles. The van der Waals surface area contributed by atoms with E-state index in [4.69, 9.17) is 14.2 Å². The van der Waals surface area contributed by atoms with E-state index in [1.807, 2.05) is 30.3 Å². The van der Waals surface area contributed by atoms with Crippen molar-refractivity contribution in [2.24, 2.45) is 5.92 Å². The third kappa shape index (κ3) is 4.16. The average Bonchev–Trinajstić information content (AvgIpc) is 2.76. The number of amides is 1. The molecule has 0 radical (unpaired) electrons. The van der Waals surface area contributed by atoms with E-state index in [1.165, 1.54) is 12.1 Å². The molecule has 5 nitrogen and oxygen atoms in total. The molecule has 1 N–H and O–H groups in total. The second kappa shape index (κ2) is 8.22. The van der Waals surface area contributed by atoms with Gasteiger partial charge in [0.2, 0.25) is 5.91 Å². The van der Waals surface area contributed by atoms with Gasteiger partial charge in [0.15, 0.2) is 11.6 Å². The fourth-order valence-electron chi connectivity index (χ4n) is 3.20. The molecule has 3 aromatic rings. The minimum absolute atomic E-state index is 0.0156. The Hall–Kier alpha value is -3.54. The standard InChI is InChI=1S/C23H20FNO4/c1-27-18-11-10-15-12-16(14-28-21(15)13-18)23(26)25-22-19(24)8-5-9-20(22)29-17-6-3-2-4-7-17/h2-11,13,16H,12,14H2,1H3,(H,25,26)/t16-/m0/s1. The van der Waals surface area contributed by atoms with Crippen LogP contribution in [0.1, 0.15) is 5.56 Å². The first-order valence-corrected chi connectivity index (χ1v) is 9.26. The summed E-state index contributed by atoms with van der Waals surface area (Å²) in [7, 11) is 1.59. The molecule has 0 aromatic heterocycles. The maximum absolute atomic E-state index is 14.5. The summed E-state index contributed by atoms with van der Waals surface area (Å²) in [5.41, 5.74) is 0.924. The first kappa shape index (κ1) is 18.8. The lowest BCUT2D eigenvalue weighted by Gasteiger charge is -2.25. The van der Waals surface area contributed by atoms with Crippen LogP contribution < -0.4 is 19.5 Å². The summed E-state index contributed by atoms with van der Waals surface area (Å²) in [6.45, 7) is 0.204. The van der Waals surface area contributed by atoms with Gasteiger partial charge in [-0.3, -0.25) is 4.79 Å². The smallest absolute Gasteiger partial charge is 0.231 e. The van der Waals surface area contributed by atoms with Crippen LogP contribution in [0.4, 0.5) is 10.1 Å². The van der Waals surface area contributed by atoms with Crippen LogP contribution in [0.25, 0.3) is 0 Å². The Morgan fingerprint density at radius 3 is 2.69 bits per heavy atom. The molecule has 1 amide bonds. The maximum Gasteiger partial charge on any atom is 0.231 e. The zero-order valence-electron chi connectivity index (χ0n) is 15.9. The summed E-state index contributed by atoms with van der Waals surface area (Å²) in [5, 5.41) is 2.68. The van der Waals surface area contributed by atoms with Crippen LogP contribution in [0.5, 0.6) is 23.0 Å². The summed E-state index contributed by atoms with van der Waals surface area (Å²) in [4.78, 5) is 12.8. The number of halogens is 1. The van der Waals surface area contributed by atoms with Crippen molar-refractivity contribution in [1.82, 2.24) is 0 Å². The molecule has 1 atom stereocenters. The number of rotatable bonds is 5. The molecule has 0 saturated carbocycles. The number of ether oxygens (including phenoxy) is 3. The average molecular weight is 393 g/mol. The van der Waals surface area contributed by atoms with Gasteiger partial charge >= 0.3 is 0 Å². The van der Waals surface area contributed by atoms with Crippen molar-refractivity contribution >= 4 is 11.6 Å². The summed E-state index contributed by atoms with van der Waals surface area (Å²) < 4.78 is 31.1. The highest BCUT2D eigenvalue weighted by molar-refractivity contribution is 5.94. The van der Waals surface area contributed by atoms with E-state index in [1.54, 1.807) is 31.4 Å². The van der Waals surface area contributed by atoms with Gasteiger partial charge in [-0.05, 0) is 42.3 Å². The van der Waals surface area contributed by atoms with Crippen molar-refractivity contribution in [1.29, 1.82) is 0 Å². The molecule has 0 fully saturated rings. The number of anilines is 1. The minimum Gasteiger partial charge on any atom is -0.497 e. The second-order valence-corrected chi connectivity index (χ2v) is 6.70. The van der Waals surface area contributed by atoms with Gasteiger partial charge < -0.3 is 19.5 Å². The Labute approximate surface area is 168 Å². The number of hydrogen-bond acceptors (Lipinski definition) is 4. The Bertz CT molecular complexity index is 1020. The molecule has 6 heteroatoms. The largest absolute Gasteiger partial charge is 0.497 e. The Balaban J connectivity index is 1.51. The molecular formula is C23H20FNO4. The highest BCUT2D eigenvalue weighted by atomic mass is 19.1. The Kier molecular flexibility index (Phi) is 5.33. The fraction of sp³-hybridized carbons (Fsp3) is 0.174. The van der Waals surface area contributed by atoms with Crippen molar-refractivity contribution in [2.45, 2.75) is 6.42 Å². The van der Waals surface area contributed by atoms with Gasteiger partial charge in [-0.25, -0.2) is 4.39 Å². The van der Waals surface area contributed by atoms with Crippen LogP contribution in [0.2, 0.25) is 0 Å². The number of carbonyl (C=O) groups is 1. The Morgan fingerprint density at radius 2 is 1.90 bits per heavy atom. The number of fused-ring (bicyclic) bond motifs is 1. The molecule has 148 valence electrons. The van der Waals surface area contributed by atoms with Gasteiger partial charge in [0.25, 0.3) is 0 Å². The van der Waals surface area contributed by atoms with Crippen molar-refractivity contribution in [3.63, 3.8) is 0 Å². The summed E-state index contributed by atoms with van der Waals surface area (Å²) in [6, 6.07) is 19.0. The molecule has 0 saturated heterocycles. The third-order valence-corrected chi connectivity index (χ3v) is 4.75. The lowest BCUT2D eigenvalue weighted by Crippen LogP contribution is -2.33. The molecule has 1 heterocycles. The van der Waals surface area contributed by atoms with Crippen molar-refractivity contribution in [3.8, 4) is 23.0 Å². The second-order valence-electron chi connectivity index (χ2n) is 6.70. The predicted molar refractivity (Wildman–Crippen MR) is 107 cm³/mol. The summed E-state index contributed by atoms with van der Waals surface area (Å²) in [6.07, 6.45) is 0.495. The van der Waals surface area contributed by atoms with E-state index in [-0.39, 0.29) is 24.0 Å². The number of benzene rings is 3. The molecule has 0 aliphatic carbocycles. The topological polar surface area (TPSA) is 56.8 Å². The van der Waals surface area contributed by atoms with Gasteiger partial charge in [0, 0.05) is 6.07 Å². The van der Waals surface area contributed by atoms with Crippen molar-refractivity contribution in [2.75, 3.05) is 19.0 Å². The van der Waals surface area contributed by atoms with Crippen molar-refractivity contribution in [3.05, 3.63) is 78.1 Å². The number of nitrogens with one attached hydrogen (secondary N) is 1. The molecule has 0 unspecified atom stereocenters. The zero-order chi connectivity index (χ0) is 20.2. The van der Waals surface area contributed by atoms with E-state index in [9.17, 15) is 9.18 Å². The van der Waals surface area contributed by atoms with Crippen LogP contribution >= 0.6 is 0 Å². The molecule has 3 aromatic carbocycles. The van der Waals surface area contributed by atoms with Gasteiger partial charge in [-0.2, -0.15) is 0 Å². The highest BCUT2D eigenvalue weighted by Gasteiger charge is 2.28. The molecule has 0 spiro atoms. The maximum atomic E-state index is 14.5. The quantitative estimate of drug-likeness (QED) is 0.675. The molecular weight excluding hydrogens is 373 g/mol. The van der Waals surface area contributed by atoms with Gasteiger partial charge in [0.05, 0.1) is 13.0 Å². The fourth-order valence-corrected chi connectivity index (χ4v) is 3.20. The van der Waals surface area contributed by atoms with Gasteiger partial charge in [0.1, 0.15) is 29.5 Å². The third-order valence-electron chi connectivity index (χ3n) is 4.75. The number of methoxy groups -OCH3 is 1. The van der Waals surface area contributed by atoms with E-state index in [2.05, 4.69) is 5.32 Å². The van der Waals surface area contributed by atoms with Crippen molar-refractivity contribution < 1.29 is 23.4 Å². The predicted octanol–water partition coefficient (Wildman–Crippen LogP) is 4.82. The van der Waals surface area contributed by atoms with E-state index < -0.39 is 11.7 Å². The normalized spacial score (nSPS) is 15.0. The van der Waals surface area contributed by atoms with E-state index in [0.29, 0.717) is 23.7 Å². The Morgan fingerprint density at radius 1 is 1.07 bits per heavy atom. The van der Waals surface area contributed by atoms with Crippen LogP contribution in [-0.2, 0) is 11.2 Å². The van der Waals surface area contributed by atoms with Crippen LogP contribution in [-0.4, -0.2) is 19.6 Å². The molecule has 0 bridgehead atoms. The first-order valence-electron chi connectivity index (χ1n) is 9.26. The molecule has 4 rings (SSSR count). The number of carbonyl (C=O) groups excluding carboxylic acids is 1. The lowest BCUT2D eigenvalue weighted by molar-refractivity contribution is -0.121. The van der Waals surface area contributed by atoms with Gasteiger partial charge in [-0.15, -0.1) is 0 Å². The number of hydrogen-bond donors (Lipinski definition) is 1. The highest BCUT2D eigenvalue weighted by Crippen LogP contribution is 2.34. The summed E-state index contributed by atoms with van der Waals surface area (Å²) in [5.74, 6) is 0.861. The lowest BCUT2D eigenvalue weighted by atomic mass is 9.95. The number of para-hydroxylation sites is 2.